The molecule has 2 saturated heterocycles. The number of amides is 1. The quantitative estimate of drug-likeness (QED) is 0.849. The van der Waals surface area contributed by atoms with Crippen LogP contribution in [-0.2, 0) is 6.42 Å². The van der Waals surface area contributed by atoms with E-state index >= 15 is 0 Å². The van der Waals surface area contributed by atoms with Crippen LogP contribution in [0.5, 0.6) is 0 Å². The number of hydrogen-bond acceptors (Lipinski definition) is 3. The second-order valence-corrected chi connectivity index (χ2v) is 6.80. The maximum absolute atomic E-state index is 13.0. The lowest BCUT2D eigenvalue weighted by Gasteiger charge is -2.68. The van der Waals surface area contributed by atoms with Crippen molar-refractivity contribution >= 4 is 12.0 Å². The maximum atomic E-state index is 13.0. The monoisotopic (exact) mass is 284 g/mol. The molecule has 0 bridgehead atoms. The minimum atomic E-state index is 0.151. The molecule has 3 heterocycles. The third-order valence-corrected chi connectivity index (χ3v) is 6.11. The summed E-state index contributed by atoms with van der Waals surface area (Å²) in [5.41, 5.74) is 3.15. The van der Waals surface area contributed by atoms with Crippen LogP contribution in [0.25, 0.3) is 6.08 Å². The number of hydrogen-bond donors (Lipinski definition) is 1. The largest absolute Gasteiger partial charge is 0.331 e. The average molecular weight is 284 g/mol. The minimum Gasteiger partial charge on any atom is -0.331 e. The van der Waals surface area contributed by atoms with Crippen LogP contribution in [0.2, 0.25) is 0 Å². The number of piperazine rings is 1. The second kappa shape index (κ2) is 3.97. The van der Waals surface area contributed by atoms with Crippen molar-refractivity contribution in [2.24, 2.45) is 0 Å². The van der Waals surface area contributed by atoms with Gasteiger partial charge in [0, 0.05) is 30.7 Å². The summed E-state index contributed by atoms with van der Waals surface area (Å²) in [4.78, 5) is 17.7. The maximum Gasteiger partial charge on any atom is 0.275 e. The Morgan fingerprint density at radius 3 is 3.05 bits per heavy atom. The zero-order valence-electron chi connectivity index (χ0n) is 12.1. The van der Waals surface area contributed by atoms with Crippen LogP contribution in [0, 0.1) is 0 Å². The molecular formula is C16H20N4O. The molecule has 110 valence electrons. The first-order valence-electron chi connectivity index (χ1n) is 8.09. The molecule has 5 nitrogen and oxygen atoms in total. The molecule has 2 aliphatic heterocycles. The topological polar surface area (TPSA) is 52.2 Å². The van der Waals surface area contributed by atoms with Gasteiger partial charge in [-0.1, -0.05) is 6.08 Å². The highest BCUT2D eigenvalue weighted by atomic mass is 16.2. The van der Waals surface area contributed by atoms with E-state index in [1.54, 1.807) is 0 Å². The van der Waals surface area contributed by atoms with E-state index in [4.69, 9.17) is 0 Å². The van der Waals surface area contributed by atoms with Gasteiger partial charge >= 0.3 is 0 Å². The Balaban J connectivity index is 1.47. The lowest BCUT2D eigenvalue weighted by molar-refractivity contribution is -0.161. The second-order valence-electron chi connectivity index (χ2n) is 6.80. The van der Waals surface area contributed by atoms with Gasteiger partial charge in [-0.25, -0.2) is 0 Å². The molecule has 1 amide bonds. The van der Waals surface area contributed by atoms with E-state index in [1.807, 2.05) is 0 Å². The van der Waals surface area contributed by atoms with Gasteiger partial charge in [-0.3, -0.25) is 14.8 Å². The van der Waals surface area contributed by atoms with Gasteiger partial charge in [0.25, 0.3) is 5.91 Å². The van der Waals surface area contributed by atoms with E-state index in [0.29, 0.717) is 17.3 Å². The highest BCUT2D eigenvalue weighted by Gasteiger charge is 2.61. The standard InChI is InChI=1S/C16H20N4O/c21-15(14-11-3-1-2-4-12(11)17-18-14)20-10-9-19-8-7-16(19)6-5-13(16)20/h2,4,13H,1,3,5-10H2,(H,17,18). The zero-order valence-corrected chi connectivity index (χ0v) is 12.1. The molecule has 1 aromatic heterocycles. The van der Waals surface area contributed by atoms with E-state index in [1.165, 1.54) is 19.4 Å². The van der Waals surface area contributed by atoms with Crippen LogP contribution >= 0.6 is 0 Å². The number of nitrogens with one attached hydrogen (secondary N) is 1. The Bertz CT molecular complexity index is 645. The van der Waals surface area contributed by atoms with E-state index in [0.717, 1.165) is 43.6 Å². The molecule has 0 radical (unpaired) electrons. The molecule has 5 heteroatoms. The van der Waals surface area contributed by atoms with Gasteiger partial charge in [-0.2, -0.15) is 5.10 Å². The highest BCUT2D eigenvalue weighted by molar-refractivity contribution is 5.95. The first-order chi connectivity index (χ1) is 10.3. The van der Waals surface area contributed by atoms with Crippen molar-refractivity contribution in [3.8, 4) is 0 Å². The predicted molar refractivity (Wildman–Crippen MR) is 78.9 cm³/mol. The number of fused-ring (bicyclic) bond motifs is 1. The van der Waals surface area contributed by atoms with Crippen LogP contribution in [0.1, 0.15) is 47.4 Å². The number of H-pyrrole nitrogens is 1. The summed E-state index contributed by atoms with van der Waals surface area (Å²) in [5.74, 6) is 0.151. The summed E-state index contributed by atoms with van der Waals surface area (Å²) in [6, 6.07) is 0.430. The molecule has 1 saturated carbocycles. The highest BCUT2D eigenvalue weighted by Crippen LogP contribution is 2.51. The third-order valence-electron chi connectivity index (χ3n) is 6.11. The predicted octanol–water partition coefficient (Wildman–Crippen LogP) is 1.43. The SMILES string of the molecule is O=C(c1n[nH]c2c1CCC=C2)N1CCN2CCC23CCC13. The lowest BCUT2D eigenvalue weighted by Crippen LogP contribution is -2.79. The molecule has 4 aliphatic rings. The molecular weight excluding hydrogens is 264 g/mol. The van der Waals surface area contributed by atoms with Gasteiger partial charge in [0.2, 0.25) is 0 Å². The van der Waals surface area contributed by atoms with Crippen molar-refractivity contribution in [2.75, 3.05) is 19.6 Å². The van der Waals surface area contributed by atoms with Crippen LogP contribution in [0.3, 0.4) is 0 Å². The van der Waals surface area contributed by atoms with Gasteiger partial charge in [0.1, 0.15) is 0 Å². The molecule has 0 aromatic carbocycles. The van der Waals surface area contributed by atoms with Crippen LogP contribution < -0.4 is 0 Å². The Kier molecular flexibility index (Phi) is 2.27. The molecule has 21 heavy (non-hydrogen) atoms. The minimum absolute atomic E-state index is 0.151. The van der Waals surface area contributed by atoms with E-state index in [9.17, 15) is 4.79 Å². The van der Waals surface area contributed by atoms with Gasteiger partial charge in [0.05, 0.1) is 11.7 Å². The summed E-state index contributed by atoms with van der Waals surface area (Å²) >= 11 is 0. The molecule has 1 spiro atoms. The Morgan fingerprint density at radius 2 is 2.29 bits per heavy atom. The molecule has 2 atom stereocenters. The third kappa shape index (κ3) is 1.40. The number of allylic oxidation sites excluding steroid dienone is 1. The van der Waals surface area contributed by atoms with Gasteiger partial charge in [0.15, 0.2) is 5.69 Å². The molecule has 1 aromatic rings. The fourth-order valence-electron chi connectivity index (χ4n) is 4.74. The normalized spacial score (nSPS) is 33.5. The number of rotatable bonds is 1. The number of aromatic amines is 1. The molecule has 3 fully saturated rings. The summed E-state index contributed by atoms with van der Waals surface area (Å²) in [6.07, 6.45) is 9.83. The van der Waals surface area contributed by atoms with Crippen molar-refractivity contribution in [3.05, 3.63) is 23.0 Å². The van der Waals surface area contributed by atoms with E-state index in [2.05, 4.69) is 32.1 Å². The van der Waals surface area contributed by atoms with Crippen LogP contribution in [0.4, 0.5) is 0 Å². The molecule has 2 unspecified atom stereocenters. The van der Waals surface area contributed by atoms with Crippen molar-refractivity contribution < 1.29 is 4.79 Å². The lowest BCUT2D eigenvalue weighted by atomic mass is 9.61. The summed E-state index contributed by atoms with van der Waals surface area (Å²) < 4.78 is 0. The molecule has 1 N–H and O–H groups in total. The van der Waals surface area contributed by atoms with Crippen LogP contribution in [0.15, 0.2) is 6.08 Å². The van der Waals surface area contributed by atoms with Gasteiger partial charge in [-0.15, -0.1) is 0 Å². The molecule has 5 rings (SSSR count). The smallest absolute Gasteiger partial charge is 0.275 e. The first-order valence-corrected chi connectivity index (χ1v) is 8.09. The Hall–Kier alpha value is -1.62. The Morgan fingerprint density at radius 1 is 1.33 bits per heavy atom. The number of nitrogens with zero attached hydrogens (tertiary/aromatic N) is 3. The van der Waals surface area contributed by atoms with Crippen molar-refractivity contribution in [2.45, 2.75) is 43.7 Å². The van der Waals surface area contributed by atoms with Crippen molar-refractivity contribution in [1.29, 1.82) is 0 Å². The van der Waals surface area contributed by atoms with Crippen molar-refractivity contribution in [3.63, 3.8) is 0 Å². The van der Waals surface area contributed by atoms with Crippen molar-refractivity contribution in [1.82, 2.24) is 20.0 Å². The fraction of sp³-hybridized carbons (Fsp3) is 0.625. The van der Waals surface area contributed by atoms with Gasteiger partial charge in [-0.05, 0) is 38.2 Å². The molecule has 2 aliphatic carbocycles. The zero-order chi connectivity index (χ0) is 14.0. The van der Waals surface area contributed by atoms with E-state index < -0.39 is 0 Å². The van der Waals surface area contributed by atoms with Gasteiger partial charge < -0.3 is 4.90 Å². The summed E-state index contributed by atoms with van der Waals surface area (Å²) in [6.45, 7) is 3.12. The Labute approximate surface area is 124 Å². The number of carbonyl (C=O) groups is 1. The number of aromatic nitrogens is 2. The average Bonchev–Trinajstić information content (AvgIpc) is 2.86. The summed E-state index contributed by atoms with van der Waals surface area (Å²) in [5, 5.41) is 7.36. The fourth-order valence-corrected chi connectivity index (χ4v) is 4.74. The first kappa shape index (κ1) is 12.0. The van der Waals surface area contributed by atoms with E-state index in [-0.39, 0.29) is 5.91 Å². The number of carbonyl (C=O) groups excluding carboxylic acids is 1. The summed E-state index contributed by atoms with van der Waals surface area (Å²) in [7, 11) is 0. The van der Waals surface area contributed by atoms with Crippen LogP contribution in [-0.4, -0.2) is 57.1 Å².